The molecule has 1 fully saturated rings. The number of nitrogens with zero attached hydrogens (tertiary/aromatic N) is 1. The molecular formula is C23H30ClN3O9. The zero-order valence-electron chi connectivity index (χ0n) is 19.4. The fourth-order valence-corrected chi connectivity index (χ4v) is 4.00. The lowest BCUT2D eigenvalue weighted by molar-refractivity contribution is -0.313. The average molecular weight is 528 g/mol. The molecule has 0 bridgehead atoms. The van der Waals surface area contributed by atoms with Gasteiger partial charge in [0.05, 0.1) is 6.61 Å². The van der Waals surface area contributed by atoms with Gasteiger partial charge in [-0.05, 0) is 25.0 Å². The molecule has 1 aromatic carbocycles. The maximum absolute atomic E-state index is 12.6. The largest absolute Gasteiger partial charge is 0.394 e. The van der Waals surface area contributed by atoms with Crippen LogP contribution in [0, 0.1) is 0 Å². The third kappa shape index (κ3) is 6.79. The number of carbonyl (C=O) groups is 3. The van der Waals surface area contributed by atoms with Crippen molar-refractivity contribution in [1.82, 2.24) is 10.4 Å². The molecule has 0 aromatic heterocycles. The van der Waals surface area contributed by atoms with E-state index in [1.807, 2.05) is 6.07 Å². The van der Waals surface area contributed by atoms with Crippen molar-refractivity contribution in [3.8, 4) is 0 Å². The van der Waals surface area contributed by atoms with E-state index in [2.05, 4.69) is 10.8 Å². The summed E-state index contributed by atoms with van der Waals surface area (Å²) in [6, 6.07) is 8.91. The van der Waals surface area contributed by atoms with Crippen molar-refractivity contribution in [1.29, 1.82) is 0 Å². The Kier molecular flexibility index (Phi) is 10.2. The van der Waals surface area contributed by atoms with Gasteiger partial charge in [0.2, 0.25) is 12.2 Å². The minimum Gasteiger partial charge on any atom is -0.394 e. The number of aliphatic hydroxyl groups excluding tert-OH is 4. The first-order valence-corrected chi connectivity index (χ1v) is 12.0. The Morgan fingerprint density at radius 2 is 1.69 bits per heavy atom. The predicted octanol–water partition coefficient (Wildman–Crippen LogP) is -0.284. The molecule has 3 amide bonds. The zero-order chi connectivity index (χ0) is 26.2. The second-order valence-corrected chi connectivity index (χ2v) is 8.82. The first-order valence-electron chi connectivity index (χ1n) is 11.6. The number of anilines is 1. The second kappa shape index (κ2) is 13.1. The summed E-state index contributed by atoms with van der Waals surface area (Å²) >= 11 is 6.08. The van der Waals surface area contributed by atoms with E-state index in [0.29, 0.717) is 31.4 Å². The van der Waals surface area contributed by atoms with Crippen molar-refractivity contribution < 1.29 is 44.4 Å². The SMILES string of the molecule is O=C(CCCCCCN1C(=O)C(Cl)=C(Nc2ccccc2)C1=O)NO[C@@H]1O[C@H](CO)[C@@H](O)[C@H](O)[C@H]1O. The molecule has 36 heavy (non-hydrogen) atoms. The molecule has 0 spiro atoms. The van der Waals surface area contributed by atoms with Crippen LogP contribution in [0.1, 0.15) is 32.1 Å². The van der Waals surface area contributed by atoms with E-state index in [-0.39, 0.29) is 23.7 Å². The summed E-state index contributed by atoms with van der Waals surface area (Å²) in [4.78, 5) is 43.0. The molecule has 198 valence electrons. The van der Waals surface area contributed by atoms with Gasteiger partial charge < -0.3 is 30.5 Å². The van der Waals surface area contributed by atoms with Gasteiger partial charge in [-0.25, -0.2) is 10.3 Å². The Morgan fingerprint density at radius 3 is 2.39 bits per heavy atom. The van der Waals surface area contributed by atoms with E-state index in [1.165, 1.54) is 0 Å². The van der Waals surface area contributed by atoms with E-state index in [4.69, 9.17) is 26.3 Å². The maximum Gasteiger partial charge on any atom is 0.278 e. The molecule has 2 aliphatic rings. The maximum atomic E-state index is 12.6. The highest BCUT2D eigenvalue weighted by molar-refractivity contribution is 6.48. The fraction of sp³-hybridized carbons (Fsp3) is 0.522. The first-order chi connectivity index (χ1) is 17.2. The number of hydrogen-bond acceptors (Lipinski definition) is 10. The number of hydrogen-bond donors (Lipinski definition) is 6. The number of unbranched alkanes of at least 4 members (excludes halogenated alkanes) is 3. The number of para-hydroxylation sites is 1. The predicted molar refractivity (Wildman–Crippen MR) is 126 cm³/mol. The molecule has 0 unspecified atom stereocenters. The van der Waals surface area contributed by atoms with Gasteiger partial charge in [0.15, 0.2) is 0 Å². The molecule has 1 saturated heterocycles. The number of aliphatic hydroxyl groups is 4. The van der Waals surface area contributed by atoms with Gasteiger partial charge in [-0.15, -0.1) is 0 Å². The minimum absolute atomic E-state index is 0.0453. The summed E-state index contributed by atoms with van der Waals surface area (Å²) in [6.07, 6.45) is -4.95. The van der Waals surface area contributed by atoms with E-state index in [9.17, 15) is 29.7 Å². The molecule has 6 N–H and O–H groups in total. The number of carbonyl (C=O) groups excluding carboxylic acids is 3. The quantitative estimate of drug-likeness (QED) is 0.120. The van der Waals surface area contributed by atoms with Crippen molar-refractivity contribution in [2.24, 2.45) is 0 Å². The highest BCUT2D eigenvalue weighted by atomic mass is 35.5. The van der Waals surface area contributed by atoms with Gasteiger partial charge in [0, 0.05) is 18.7 Å². The lowest BCUT2D eigenvalue weighted by atomic mass is 9.99. The van der Waals surface area contributed by atoms with Crippen LogP contribution in [0.3, 0.4) is 0 Å². The molecule has 13 heteroatoms. The van der Waals surface area contributed by atoms with Gasteiger partial charge in [0.25, 0.3) is 11.8 Å². The smallest absolute Gasteiger partial charge is 0.278 e. The van der Waals surface area contributed by atoms with Crippen molar-refractivity contribution in [2.45, 2.75) is 62.8 Å². The number of rotatable bonds is 12. The first kappa shape index (κ1) is 28.0. The van der Waals surface area contributed by atoms with Gasteiger partial charge in [0.1, 0.15) is 35.1 Å². The molecule has 1 aromatic rings. The molecule has 2 heterocycles. The van der Waals surface area contributed by atoms with E-state index in [1.54, 1.807) is 24.3 Å². The van der Waals surface area contributed by atoms with Gasteiger partial charge in [-0.3, -0.25) is 19.3 Å². The molecule has 0 aliphatic carbocycles. The minimum atomic E-state index is -1.62. The van der Waals surface area contributed by atoms with Crippen LogP contribution < -0.4 is 10.8 Å². The third-order valence-corrected chi connectivity index (χ3v) is 6.18. The highest BCUT2D eigenvalue weighted by Crippen LogP contribution is 2.26. The van der Waals surface area contributed by atoms with Crippen LogP contribution in [0.4, 0.5) is 5.69 Å². The van der Waals surface area contributed by atoms with E-state index < -0.39 is 55.0 Å². The molecule has 5 atom stereocenters. The van der Waals surface area contributed by atoms with Crippen LogP contribution in [0.25, 0.3) is 0 Å². The van der Waals surface area contributed by atoms with Gasteiger partial charge >= 0.3 is 0 Å². The van der Waals surface area contributed by atoms with Crippen molar-refractivity contribution in [3.05, 3.63) is 41.1 Å². The molecule has 0 radical (unpaired) electrons. The lowest BCUT2D eigenvalue weighted by Gasteiger charge is -2.39. The van der Waals surface area contributed by atoms with Crippen LogP contribution in [-0.2, 0) is 24.0 Å². The van der Waals surface area contributed by atoms with E-state index in [0.717, 1.165) is 4.90 Å². The summed E-state index contributed by atoms with van der Waals surface area (Å²) in [5, 5.41) is 41.2. The van der Waals surface area contributed by atoms with Gasteiger partial charge in [-0.1, -0.05) is 42.6 Å². The number of nitrogens with one attached hydrogen (secondary N) is 2. The van der Waals surface area contributed by atoms with Crippen LogP contribution in [0.15, 0.2) is 41.1 Å². The topological polar surface area (TPSA) is 178 Å². The number of halogens is 1. The standard InChI is InChI=1S/C23H30ClN3O9/c24-16-17(25-13-8-4-3-5-9-13)22(34)27(21(16)33)11-7-2-1-6-10-15(29)26-36-23-20(32)19(31)18(30)14(12-28)35-23/h3-5,8-9,14,18-20,23,25,28,30-32H,1-2,6-7,10-12H2,(H,26,29)/t14-,18-,19+,20-,23+/m1/s1. The summed E-state index contributed by atoms with van der Waals surface area (Å²) in [7, 11) is 0. The molecule has 2 aliphatic heterocycles. The Hall–Kier alpha value is -2.58. The summed E-state index contributed by atoms with van der Waals surface area (Å²) in [6.45, 7) is -0.416. The Bertz CT molecular complexity index is 959. The van der Waals surface area contributed by atoms with E-state index >= 15 is 0 Å². The fourth-order valence-electron chi connectivity index (χ4n) is 3.77. The lowest BCUT2D eigenvalue weighted by Crippen LogP contribution is -2.60. The molecule has 12 nitrogen and oxygen atoms in total. The van der Waals surface area contributed by atoms with Crippen LogP contribution in [-0.4, -0.2) is 86.9 Å². The average Bonchev–Trinajstić information content (AvgIpc) is 3.07. The van der Waals surface area contributed by atoms with Crippen LogP contribution in [0.2, 0.25) is 0 Å². The number of hydroxylamine groups is 1. The normalized spacial score (nSPS) is 26.5. The van der Waals surface area contributed by atoms with Crippen molar-refractivity contribution >= 4 is 35.0 Å². The molecule has 0 saturated carbocycles. The van der Waals surface area contributed by atoms with Crippen molar-refractivity contribution in [3.63, 3.8) is 0 Å². The highest BCUT2D eigenvalue weighted by Gasteiger charge is 2.44. The Labute approximate surface area is 212 Å². The molecular weight excluding hydrogens is 498 g/mol. The Balaban J connectivity index is 1.32. The number of benzene rings is 1. The number of imide groups is 1. The Morgan fingerprint density at radius 1 is 1.00 bits per heavy atom. The summed E-state index contributed by atoms with van der Waals surface area (Å²) < 4.78 is 5.13. The van der Waals surface area contributed by atoms with Crippen LogP contribution >= 0.6 is 11.6 Å². The van der Waals surface area contributed by atoms with Crippen LogP contribution in [0.5, 0.6) is 0 Å². The second-order valence-electron chi connectivity index (χ2n) is 8.45. The summed E-state index contributed by atoms with van der Waals surface area (Å²) in [5.41, 5.74) is 2.80. The number of ether oxygens (including phenoxy) is 1. The van der Waals surface area contributed by atoms with Crippen molar-refractivity contribution in [2.75, 3.05) is 18.5 Å². The summed E-state index contributed by atoms with van der Waals surface area (Å²) in [5.74, 6) is -1.53. The third-order valence-electron chi connectivity index (χ3n) is 5.83. The van der Waals surface area contributed by atoms with Gasteiger partial charge in [-0.2, -0.15) is 0 Å². The number of amides is 3. The zero-order valence-corrected chi connectivity index (χ0v) is 20.1. The molecule has 3 rings (SSSR count). The monoisotopic (exact) mass is 527 g/mol.